The molecule has 5 atom stereocenters. The summed E-state index contributed by atoms with van der Waals surface area (Å²) in [6.07, 6.45) is 13.2. The van der Waals surface area contributed by atoms with Crippen molar-refractivity contribution >= 4 is 11.4 Å². The fourth-order valence-corrected chi connectivity index (χ4v) is 7.29. The van der Waals surface area contributed by atoms with Crippen LogP contribution in [0.1, 0.15) is 69.9 Å². The summed E-state index contributed by atoms with van der Waals surface area (Å²) < 4.78 is 14.6. The Morgan fingerprint density at radius 3 is 2.75 bits per heavy atom. The molecule has 0 amide bonds. The number of hydrogen-bond acceptors (Lipinski definition) is 2. The molecule has 0 aromatic carbocycles. The highest BCUT2D eigenvalue weighted by Gasteiger charge is 2.57. The number of pyridine rings is 1. The average molecular weight is 380 g/mol. The third-order valence-corrected chi connectivity index (χ3v) is 8.81. The van der Waals surface area contributed by atoms with Crippen LogP contribution in [0.5, 0.6) is 0 Å². The van der Waals surface area contributed by atoms with E-state index in [1.165, 1.54) is 24.0 Å². The number of nitrogens with zero attached hydrogens (tertiary/aromatic N) is 1. The minimum absolute atomic E-state index is 0.0412. The lowest BCUT2D eigenvalue weighted by atomic mass is 9.46. The Morgan fingerprint density at radius 1 is 1.11 bits per heavy atom. The van der Waals surface area contributed by atoms with Crippen LogP contribution in [0.15, 0.2) is 30.0 Å². The molecule has 2 nitrogen and oxygen atoms in total. The fraction of sp³-hybridized carbons (Fsp3) is 0.600. The summed E-state index contributed by atoms with van der Waals surface area (Å²) in [7, 11) is 0. The number of ketones is 1. The number of halogens is 1. The van der Waals surface area contributed by atoms with E-state index >= 15 is 0 Å². The Bertz CT molecular complexity index is 915. The van der Waals surface area contributed by atoms with Crippen molar-refractivity contribution in [3.05, 3.63) is 47.1 Å². The van der Waals surface area contributed by atoms with Crippen molar-refractivity contribution in [1.29, 1.82) is 0 Å². The first kappa shape index (κ1) is 18.3. The maximum atomic E-state index is 14.6. The van der Waals surface area contributed by atoms with Crippen LogP contribution in [0.25, 0.3) is 5.57 Å². The second-order valence-corrected chi connectivity index (χ2v) is 10.1. The van der Waals surface area contributed by atoms with Crippen LogP contribution in [-0.4, -0.2) is 10.8 Å². The smallest absolute Gasteiger partial charge is 0.220 e. The van der Waals surface area contributed by atoms with Crippen molar-refractivity contribution in [1.82, 2.24) is 4.98 Å². The molecule has 0 bridgehead atoms. The first-order chi connectivity index (χ1) is 13.3. The Labute approximate surface area is 167 Å². The molecule has 0 unspecified atom stereocenters. The normalized spacial score (nSPS) is 39.6. The molecule has 0 spiro atoms. The topological polar surface area (TPSA) is 30.0 Å². The van der Waals surface area contributed by atoms with Gasteiger partial charge in [0, 0.05) is 18.2 Å². The lowest BCUT2D eigenvalue weighted by Crippen LogP contribution is -2.49. The van der Waals surface area contributed by atoms with E-state index in [0.29, 0.717) is 35.5 Å². The van der Waals surface area contributed by atoms with E-state index in [9.17, 15) is 9.18 Å². The van der Waals surface area contributed by atoms with Crippen LogP contribution in [-0.2, 0) is 4.79 Å². The minimum Gasteiger partial charge on any atom is -0.295 e. The second-order valence-electron chi connectivity index (χ2n) is 10.1. The molecule has 1 aromatic rings. The maximum absolute atomic E-state index is 14.6. The number of aryl methyl sites for hydroxylation is 1. The standard InChI is InChI=1S/C25H30FNO/c1-15-12-19(23(26)27-14-15)21-7-6-20-18-5-4-16-13-17(28)8-10-24(16,2)22(18)9-11-25(20,21)3/h7,12-14,18,20,22H,4-6,8-11H2,1-3H3/t18-,20-,22-,24-,25-/m0/s1. The molecule has 1 aromatic heterocycles. The molecule has 4 aliphatic rings. The van der Waals surface area contributed by atoms with Gasteiger partial charge in [-0.25, -0.2) is 4.98 Å². The summed E-state index contributed by atoms with van der Waals surface area (Å²) in [4.78, 5) is 16.0. The van der Waals surface area contributed by atoms with Gasteiger partial charge in [0.2, 0.25) is 5.95 Å². The van der Waals surface area contributed by atoms with Gasteiger partial charge in [-0.05, 0) is 97.3 Å². The lowest BCUT2D eigenvalue weighted by molar-refractivity contribution is -0.117. The maximum Gasteiger partial charge on any atom is 0.220 e. The molecule has 1 heterocycles. The van der Waals surface area contributed by atoms with Gasteiger partial charge in [0.15, 0.2) is 5.78 Å². The van der Waals surface area contributed by atoms with Crippen LogP contribution in [0.4, 0.5) is 4.39 Å². The number of fused-ring (bicyclic) bond motifs is 5. The predicted octanol–water partition coefficient (Wildman–Crippen LogP) is 6.05. The van der Waals surface area contributed by atoms with Gasteiger partial charge in [-0.1, -0.05) is 25.5 Å². The lowest BCUT2D eigenvalue weighted by Gasteiger charge is -2.57. The van der Waals surface area contributed by atoms with E-state index in [4.69, 9.17) is 0 Å². The fourth-order valence-electron chi connectivity index (χ4n) is 7.29. The van der Waals surface area contributed by atoms with Gasteiger partial charge in [0.1, 0.15) is 0 Å². The number of carbonyl (C=O) groups is 1. The molecular formula is C25H30FNO. The number of aromatic nitrogens is 1. The van der Waals surface area contributed by atoms with Crippen molar-refractivity contribution in [3.63, 3.8) is 0 Å². The van der Waals surface area contributed by atoms with E-state index in [-0.39, 0.29) is 16.8 Å². The van der Waals surface area contributed by atoms with Gasteiger partial charge in [-0.2, -0.15) is 4.39 Å². The number of hydrogen-bond donors (Lipinski definition) is 0. The largest absolute Gasteiger partial charge is 0.295 e. The molecule has 28 heavy (non-hydrogen) atoms. The van der Waals surface area contributed by atoms with Crippen LogP contribution in [0, 0.1) is 41.5 Å². The SMILES string of the molecule is Cc1cnc(F)c(C2=CC[C@H]3[C@@H]4CCC5=CC(=O)CC[C@]5(C)[C@H]4CC[C@]23C)c1. The molecule has 2 fully saturated rings. The summed E-state index contributed by atoms with van der Waals surface area (Å²) in [6.45, 7) is 6.77. The predicted molar refractivity (Wildman–Crippen MR) is 109 cm³/mol. The van der Waals surface area contributed by atoms with Gasteiger partial charge in [0.05, 0.1) is 0 Å². The Morgan fingerprint density at radius 2 is 1.93 bits per heavy atom. The molecular weight excluding hydrogens is 349 g/mol. The summed E-state index contributed by atoms with van der Waals surface area (Å²) >= 11 is 0. The Kier molecular flexibility index (Phi) is 3.99. The first-order valence-electron chi connectivity index (χ1n) is 10.9. The van der Waals surface area contributed by atoms with Crippen LogP contribution < -0.4 is 0 Å². The zero-order chi connectivity index (χ0) is 19.7. The number of rotatable bonds is 1. The van der Waals surface area contributed by atoms with Crippen molar-refractivity contribution in [2.45, 2.75) is 65.7 Å². The molecule has 0 radical (unpaired) electrons. The zero-order valence-corrected chi connectivity index (χ0v) is 17.2. The quantitative estimate of drug-likeness (QED) is 0.556. The van der Waals surface area contributed by atoms with Crippen LogP contribution in [0.3, 0.4) is 0 Å². The monoisotopic (exact) mass is 379 g/mol. The molecule has 0 aliphatic heterocycles. The molecule has 148 valence electrons. The van der Waals surface area contributed by atoms with Crippen molar-refractivity contribution in [3.8, 4) is 0 Å². The minimum atomic E-state index is -0.326. The highest BCUT2D eigenvalue weighted by Crippen LogP contribution is 2.66. The highest BCUT2D eigenvalue weighted by molar-refractivity contribution is 5.91. The van der Waals surface area contributed by atoms with E-state index in [2.05, 4.69) is 24.9 Å². The molecule has 0 N–H and O–H groups in total. The average Bonchev–Trinajstić information content (AvgIpc) is 3.01. The van der Waals surface area contributed by atoms with Gasteiger partial charge in [-0.15, -0.1) is 0 Å². The summed E-state index contributed by atoms with van der Waals surface area (Å²) in [5.74, 6) is 1.90. The van der Waals surface area contributed by atoms with Gasteiger partial charge < -0.3 is 0 Å². The van der Waals surface area contributed by atoms with E-state index < -0.39 is 0 Å². The van der Waals surface area contributed by atoms with Crippen molar-refractivity contribution in [2.75, 3.05) is 0 Å². The first-order valence-corrected chi connectivity index (χ1v) is 10.9. The summed E-state index contributed by atoms with van der Waals surface area (Å²) in [6, 6.07) is 1.98. The second kappa shape index (κ2) is 6.11. The van der Waals surface area contributed by atoms with Gasteiger partial charge in [-0.3, -0.25) is 4.79 Å². The Hall–Kier alpha value is -1.77. The van der Waals surface area contributed by atoms with Crippen LogP contribution >= 0.6 is 0 Å². The number of carbonyl (C=O) groups excluding carboxylic acids is 1. The van der Waals surface area contributed by atoms with Gasteiger partial charge >= 0.3 is 0 Å². The Balaban J connectivity index is 1.49. The van der Waals surface area contributed by atoms with Crippen LogP contribution in [0.2, 0.25) is 0 Å². The molecule has 3 heteroatoms. The van der Waals surface area contributed by atoms with E-state index in [1.54, 1.807) is 6.20 Å². The van der Waals surface area contributed by atoms with E-state index in [0.717, 1.165) is 31.2 Å². The van der Waals surface area contributed by atoms with Gasteiger partial charge in [0.25, 0.3) is 0 Å². The third kappa shape index (κ3) is 2.44. The summed E-state index contributed by atoms with van der Waals surface area (Å²) in [5, 5.41) is 0. The van der Waals surface area contributed by atoms with Crippen molar-refractivity contribution < 1.29 is 9.18 Å². The van der Waals surface area contributed by atoms with Crippen molar-refractivity contribution in [2.24, 2.45) is 28.6 Å². The zero-order valence-electron chi connectivity index (χ0n) is 17.2. The molecule has 2 saturated carbocycles. The highest BCUT2D eigenvalue weighted by atomic mass is 19.1. The molecule has 5 rings (SSSR count). The third-order valence-electron chi connectivity index (χ3n) is 8.81. The summed E-state index contributed by atoms with van der Waals surface area (Å²) in [5.41, 5.74) is 4.57. The molecule has 0 saturated heterocycles. The number of allylic oxidation sites excluding steroid dienone is 4. The van der Waals surface area contributed by atoms with E-state index in [1.807, 2.05) is 19.1 Å². The molecule has 4 aliphatic carbocycles.